The lowest BCUT2D eigenvalue weighted by molar-refractivity contribution is 0.0953. The van der Waals surface area contributed by atoms with E-state index in [0.717, 1.165) is 33.1 Å². The Balaban J connectivity index is 1.29. The number of rotatable bonds is 9. The Bertz CT molecular complexity index is 1490. The fraction of sp³-hybridized carbons (Fsp3) is 0.148. The normalized spacial score (nSPS) is 11.2. The monoisotopic (exact) mass is 520 g/mol. The van der Waals surface area contributed by atoms with Gasteiger partial charge in [0.15, 0.2) is 5.16 Å². The van der Waals surface area contributed by atoms with Crippen molar-refractivity contribution in [1.29, 1.82) is 0 Å². The first-order valence-corrected chi connectivity index (χ1v) is 12.7. The molecule has 0 aliphatic heterocycles. The maximum atomic E-state index is 13.4. The number of nitrogens with zero attached hydrogens (tertiary/aromatic N) is 3. The number of hydrogen-bond acceptors (Lipinski definition) is 5. The summed E-state index contributed by atoms with van der Waals surface area (Å²) in [5.41, 5.74) is 4.19. The van der Waals surface area contributed by atoms with Gasteiger partial charge in [-0.3, -0.25) is 9.78 Å². The molecule has 2 aromatic carbocycles. The minimum absolute atomic E-state index is 0.127. The van der Waals surface area contributed by atoms with Crippen LogP contribution in [0, 0.1) is 5.82 Å². The Morgan fingerprint density at radius 2 is 2.00 bits per heavy atom. The number of furan rings is 1. The number of thioether (sulfide) groups is 1. The summed E-state index contributed by atoms with van der Waals surface area (Å²) < 4.78 is 20.8. The van der Waals surface area contributed by atoms with Crippen molar-refractivity contribution in [3.05, 3.63) is 113 Å². The minimum Gasteiger partial charge on any atom is -0.469 e. The van der Waals surface area contributed by atoms with Crippen molar-refractivity contribution in [2.75, 3.05) is 6.54 Å². The molecule has 0 saturated heterocycles. The third-order valence-electron chi connectivity index (χ3n) is 5.68. The summed E-state index contributed by atoms with van der Waals surface area (Å²) in [6, 6.07) is 17.5. The summed E-state index contributed by atoms with van der Waals surface area (Å²) in [5.74, 6) is 0.898. The molecule has 0 fully saturated rings. The standard InChI is InChI=1S/C27H22ClFN4O2S/c28-23-14-21(29)8-7-20(23)17-36-27-32-24-10-11-30-15-25(24)33(27)16-18-3-5-19(6-4-18)26(34)31-12-9-22-2-1-13-35-22/h1-8,10-11,13-15H,9,12,16-17H2,(H,31,34). The van der Waals surface area contributed by atoms with E-state index in [1.807, 2.05) is 42.5 Å². The fourth-order valence-electron chi connectivity index (χ4n) is 3.79. The van der Waals surface area contributed by atoms with Gasteiger partial charge in [-0.05, 0) is 53.6 Å². The van der Waals surface area contributed by atoms with E-state index in [1.54, 1.807) is 24.7 Å². The highest BCUT2D eigenvalue weighted by atomic mass is 35.5. The van der Waals surface area contributed by atoms with Crippen LogP contribution in [0.2, 0.25) is 5.02 Å². The molecule has 36 heavy (non-hydrogen) atoms. The van der Waals surface area contributed by atoms with E-state index < -0.39 is 0 Å². The second kappa shape index (κ2) is 11.0. The van der Waals surface area contributed by atoms with E-state index in [4.69, 9.17) is 21.0 Å². The highest BCUT2D eigenvalue weighted by Gasteiger charge is 2.14. The van der Waals surface area contributed by atoms with E-state index >= 15 is 0 Å². The number of nitrogens with one attached hydrogen (secondary N) is 1. The number of amides is 1. The largest absolute Gasteiger partial charge is 0.469 e. The first-order chi connectivity index (χ1) is 17.6. The molecule has 5 rings (SSSR count). The number of pyridine rings is 1. The van der Waals surface area contributed by atoms with Crippen LogP contribution in [0.5, 0.6) is 0 Å². The summed E-state index contributed by atoms with van der Waals surface area (Å²) in [6.45, 7) is 1.06. The predicted molar refractivity (Wildman–Crippen MR) is 139 cm³/mol. The van der Waals surface area contributed by atoms with Crippen molar-refractivity contribution >= 4 is 40.3 Å². The van der Waals surface area contributed by atoms with Crippen molar-refractivity contribution in [3.63, 3.8) is 0 Å². The van der Waals surface area contributed by atoms with Crippen LogP contribution in [0.25, 0.3) is 11.0 Å². The number of carbonyl (C=O) groups excluding carboxylic acids is 1. The van der Waals surface area contributed by atoms with Crippen LogP contribution in [-0.4, -0.2) is 27.0 Å². The molecular weight excluding hydrogens is 499 g/mol. The number of aromatic nitrogens is 3. The van der Waals surface area contributed by atoms with Crippen molar-refractivity contribution in [2.45, 2.75) is 23.9 Å². The molecule has 3 heterocycles. The number of fused-ring (bicyclic) bond motifs is 1. The van der Waals surface area contributed by atoms with Crippen LogP contribution < -0.4 is 5.32 Å². The van der Waals surface area contributed by atoms with E-state index in [0.29, 0.717) is 35.8 Å². The van der Waals surface area contributed by atoms with Crippen molar-refractivity contribution in [3.8, 4) is 0 Å². The Morgan fingerprint density at radius 1 is 1.14 bits per heavy atom. The van der Waals surface area contributed by atoms with Gasteiger partial charge in [0.25, 0.3) is 5.91 Å². The topological polar surface area (TPSA) is 73.0 Å². The summed E-state index contributed by atoms with van der Waals surface area (Å²) in [6.07, 6.45) is 5.77. The highest BCUT2D eigenvalue weighted by Crippen LogP contribution is 2.30. The molecular formula is C27H22ClFN4O2S. The molecule has 0 radical (unpaired) electrons. The summed E-state index contributed by atoms with van der Waals surface area (Å²) in [7, 11) is 0. The van der Waals surface area contributed by atoms with Gasteiger partial charge in [-0.1, -0.05) is 41.6 Å². The van der Waals surface area contributed by atoms with Crippen LogP contribution in [-0.2, 0) is 18.7 Å². The first kappa shape index (κ1) is 24.1. The van der Waals surface area contributed by atoms with E-state index in [2.05, 4.69) is 14.9 Å². The molecule has 1 amide bonds. The van der Waals surface area contributed by atoms with Gasteiger partial charge >= 0.3 is 0 Å². The highest BCUT2D eigenvalue weighted by molar-refractivity contribution is 7.98. The molecule has 0 aliphatic carbocycles. The number of carbonyl (C=O) groups is 1. The van der Waals surface area contributed by atoms with E-state index in [1.165, 1.54) is 23.9 Å². The van der Waals surface area contributed by atoms with Gasteiger partial charge in [0.1, 0.15) is 11.6 Å². The third kappa shape index (κ3) is 5.61. The quantitative estimate of drug-likeness (QED) is 0.237. The van der Waals surface area contributed by atoms with Crippen LogP contribution in [0.15, 0.2) is 88.9 Å². The summed E-state index contributed by atoms with van der Waals surface area (Å²) in [5, 5.41) is 4.11. The molecule has 0 saturated carbocycles. The van der Waals surface area contributed by atoms with Crippen LogP contribution in [0.3, 0.4) is 0 Å². The van der Waals surface area contributed by atoms with Gasteiger partial charge < -0.3 is 14.3 Å². The average Bonchev–Trinajstić information content (AvgIpc) is 3.52. The van der Waals surface area contributed by atoms with Crippen LogP contribution >= 0.6 is 23.4 Å². The molecule has 0 unspecified atom stereocenters. The lowest BCUT2D eigenvalue weighted by Crippen LogP contribution is -2.25. The lowest BCUT2D eigenvalue weighted by atomic mass is 10.1. The lowest BCUT2D eigenvalue weighted by Gasteiger charge is -2.11. The molecule has 3 aromatic heterocycles. The zero-order chi connectivity index (χ0) is 24.9. The summed E-state index contributed by atoms with van der Waals surface area (Å²) in [4.78, 5) is 21.5. The number of halogens is 2. The third-order valence-corrected chi connectivity index (χ3v) is 7.06. The van der Waals surface area contributed by atoms with Crippen LogP contribution in [0.1, 0.15) is 27.2 Å². The Labute approximate surface area is 216 Å². The molecule has 1 N–H and O–H groups in total. The van der Waals surface area contributed by atoms with E-state index in [-0.39, 0.29) is 11.7 Å². The Hall–Kier alpha value is -3.62. The van der Waals surface area contributed by atoms with Crippen molar-refractivity contribution in [1.82, 2.24) is 19.9 Å². The smallest absolute Gasteiger partial charge is 0.251 e. The zero-order valence-corrected chi connectivity index (χ0v) is 20.7. The molecule has 9 heteroatoms. The minimum atomic E-state index is -0.360. The van der Waals surface area contributed by atoms with Gasteiger partial charge in [-0.2, -0.15) is 0 Å². The van der Waals surface area contributed by atoms with Crippen LogP contribution in [0.4, 0.5) is 4.39 Å². The Morgan fingerprint density at radius 3 is 2.78 bits per heavy atom. The molecule has 182 valence electrons. The van der Waals surface area contributed by atoms with Gasteiger partial charge in [0.2, 0.25) is 0 Å². The van der Waals surface area contributed by atoms with Crippen molar-refractivity contribution in [2.24, 2.45) is 0 Å². The molecule has 0 spiro atoms. The SMILES string of the molecule is O=C(NCCc1ccco1)c1ccc(Cn2c(SCc3ccc(F)cc3Cl)nc3ccncc32)cc1. The molecule has 0 atom stereocenters. The second-order valence-corrected chi connectivity index (χ2v) is 9.50. The Kier molecular flexibility index (Phi) is 7.34. The summed E-state index contributed by atoms with van der Waals surface area (Å²) >= 11 is 7.74. The number of hydrogen-bond donors (Lipinski definition) is 1. The average molecular weight is 521 g/mol. The second-order valence-electron chi connectivity index (χ2n) is 8.15. The molecule has 5 aromatic rings. The maximum absolute atomic E-state index is 13.4. The molecule has 0 bridgehead atoms. The predicted octanol–water partition coefficient (Wildman–Crippen LogP) is 6.13. The molecule has 6 nitrogen and oxygen atoms in total. The van der Waals surface area contributed by atoms with Gasteiger partial charge in [0, 0.05) is 35.5 Å². The van der Waals surface area contributed by atoms with Gasteiger partial charge in [-0.15, -0.1) is 0 Å². The van der Waals surface area contributed by atoms with Gasteiger partial charge in [-0.25, -0.2) is 9.37 Å². The number of imidazole rings is 1. The first-order valence-electron chi connectivity index (χ1n) is 11.3. The van der Waals surface area contributed by atoms with Gasteiger partial charge in [0.05, 0.1) is 30.0 Å². The maximum Gasteiger partial charge on any atom is 0.251 e. The van der Waals surface area contributed by atoms with E-state index in [9.17, 15) is 9.18 Å². The zero-order valence-electron chi connectivity index (χ0n) is 19.2. The fourth-order valence-corrected chi connectivity index (χ4v) is 5.12. The number of benzene rings is 2. The van der Waals surface area contributed by atoms with Crippen molar-refractivity contribution < 1.29 is 13.6 Å². The molecule has 0 aliphatic rings.